The molecule has 0 radical (unpaired) electrons. The number of hydrogen-bond donors (Lipinski definition) is 3. The molecule has 0 bridgehead atoms. The number of hydrogen-bond acceptors (Lipinski definition) is 4. The molecule has 1 fully saturated rings. The third-order valence-electron chi connectivity index (χ3n) is 3.12. The molecule has 0 spiro atoms. The largest absolute Gasteiger partial charge is 0.383 e. The Kier molecular flexibility index (Phi) is 5.19. The lowest BCUT2D eigenvalue weighted by molar-refractivity contribution is -0.120. The third-order valence-corrected chi connectivity index (χ3v) is 4.70. The maximum atomic E-state index is 12.3. The minimum atomic E-state index is -3.50. The lowest BCUT2D eigenvalue weighted by atomic mass is 10.3. The van der Waals surface area contributed by atoms with Crippen molar-refractivity contribution in [1.29, 1.82) is 0 Å². The smallest absolute Gasteiger partial charge is 0.242 e. The van der Waals surface area contributed by atoms with Crippen LogP contribution in [0.4, 0.5) is 5.69 Å². The predicted molar refractivity (Wildman–Crippen MR) is 81.6 cm³/mol. The summed E-state index contributed by atoms with van der Waals surface area (Å²) in [7, 11) is -3.50. The zero-order valence-corrected chi connectivity index (χ0v) is 12.9. The van der Waals surface area contributed by atoms with Crippen LogP contribution in [-0.4, -0.2) is 33.5 Å². The molecular weight excluding hydrogens is 290 g/mol. The van der Waals surface area contributed by atoms with E-state index in [0.29, 0.717) is 25.2 Å². The van der Waals surface area contributed by atoms with Crippen molar-refractivity contribution in [1.82, 2.24) is 10.0 Å². The summed E-state index contributed by atoms with van der Waals surface area (Å²) in [6.45, 7) is 2.84. The van der Waals surface area contributed by atoms with Crippen LogP contribution in [0.2, 0.25) is 0 Å². The van der Waals surface area contributed by atoms with E-state index in [4.69, 9.17) is 0 Å². The lowest BCUT2D eigenvalue weighted by Crippen LogP contribution is -2.27. The van der Waals surface area contributed by atoms with Gasteiger partial charge < -0.3 is 10.6 Å². The Bertz CT molecular complexity index is 597. The molecule has 6 nitrogen and oxygen atoms in total. The second-order valence-electron chi connectivity index (χ2n) is 5.02. The minimum absolute atomic E-state index is 0.0542. The van der Waals surface area contributed by atoms with Crippen LogP contribution >= 0.6 is 0 Å². The molecule has 1 aliphatic rings. The molecule has 116 valence electrons. The van der Waals surface area contributed by atoms with E-state index in [1.807, 2.05) is 6.92 Å². The van der Waals surface area contributed by atoms with E-state index < -0.39 is 10.0 Å². The number of benzene rings is 1. The van der Waals surface area contributed by atoms with Crippen LogP contribution in [0.3, 0.4) is 0 Å². The average molecular weight is 311 g/mol. The standard InChI is InChI=1S/C14H21N3O3S/c1-2-15-14(18)9-10-16-12-5-3-4-6-13(12)21(19,20)17-11-7-8-11/h3-6,11,16-17H,2,7-10H2,1H3,(H,15,18). The first-order valence-corrected chi connectivity index (χ1v) is 8.63. The highest BCUT2D eigenvalue weighted by Gasteiger charge is 2.29. The molecule has 0 aromatic heterocycles. The first-order chi connectivity index (χ1) is 10.0. The highest BCUT2D eigenvalue weighted by Crippen LogP contribution is 2.25. The molecule has 2 rings (SSSR count). The van der Waals surface area contributed by atoms with Crippen molar-refractivity contribution >= 4 is 21.6 Å². The maximum Gasteiger partial charge on any atom is 0.242 e. The molecule has 1 amide bonds. The fourth-order valence-electron chi connectivity index (χ4n) is 1.93. The summed E-state index contributed by atoms with van der Waals surface area (Å²) in [6.07, 6.45) is 2.09. The van der Waals surface area contributed by atoms with Crippen LogP contribution in [0.15, 0.2) is 29.2 Å². The summed E-state index contributed by atoms with van der Waals surface area (Å²) < 4.78 is 27.2. The fraction of sp³-hybridized carbons (Fsp3) is 0.500. The van der Waals surface area contributed by atoms with Crippen molar-refractivity contribution in [2.24, 2.45) is 0 Å². The second kappa shape index (κ2) is 6.91. The zero-order chi connectivity index (χ0) is 15.3. The SMILES string of the molecule is CCNC(=O)CCNc1ccccc1S(=O)(=O)NC1CC1. The van der Waals surface area contributed by atoms with Crippen LogP contribution < -0.4 is 15.4 Å². The highest BCUT2D eigenvalue weighted by atomic mass is 32.2. The summed E-state index contributed by atoms with van der Waals surface area (Å²) in [6, 6.07) is 6.80. The molecule has 0 saturated heterocycles. The van der Waals surface area contributed by atoms with Gasteiger partial charge in [-0.3, -0.25) is 4.79 Å². The van der Waals surface area contributed by atoms with Gasteiger partial charge in [0.2, 0.25) is 15.9 Å². The number of amides is 1. The van der Waals surface area contributed by atoms with E-state index in [1.165, 1.54) is 0 Å². The summed E-state index contributed by atoms with van der Waals surface area (Å²) in [5.41, 5.74) is 0.523. The molecule has 1 saturated carbocycles. The molecule has 0 atom stereocenters. The van der Waals surface area contributed by atoms with E-state index in [2.05, 4.69) is 15.4 Å². The van der Waals surface area contributed by atoms with Crippen LogP contribution in [0, 0.1) is 0 Å². The molecule has 21 heavy (non-hydrogen) atoms. The molecular formula is C14H21N3O3S. The molecule has 0 unspecified atom stereocenters. The molecule has 0 heterocycles. The Balaban J connectivity index is 2.01. The number of para-hydroxylation sites is 1. The number of carbonyl (C=O) groups excluding carboxylic acids is 1. The molecule has 1 aromatic carbocycles. The van der Waals surface area contributed by atoms with Crippen LogP contribution in [0.5, 0.6) is 0 Å². The number of sulfonamides is 1. The Hall–Kier alpha value is -1.60. The zero-order valence-electron chi connectivity index (χ0n) is 12.1. The summed E-state index contributed by atoms with van der Waals surface area (Å²) in [5, 5.41) is 5.72. The van der Waals surface area contributed by atoms with Gasteiger partial charge in [-0.05, 0) is 31.9 Å². The van der Waals surface area contributed by atoms with Crippen molar-refractivity contribution < 1.29 is 13.2 Å². The van der Waals surface area contributed by atoms with Gasteiger partial charge in [0.15, 0.2) is 0 Å². The summed E-state index contributed by atoms with van der Waals surface area (Å²) in [5.74, 6) is -0.0542. The minimum Gasteiger partial charge on any atom is -0.383 e. The van der Waals surface area contributed by atoms with Gasteiger partial charge in [-0.15, -0.1) is 0 Å². The average Bonchev–Trinajstić information content (AvgIpc) is 3.23. The van der Waals surface area contributed by atoms with Crippen LogP contribution in [0.25, 0.3) is 0 Å². The molecule has 3 N–H and O–H groups in total. The van der Waals surface area contributed by atoms with Gasteiger partial charge in [0.05, 0.1) is 5.69 Å². The van der Waals surface area contributed by atoms with E-state index in [9.17, 15) is 13.2 Å². The number of carbonyl (C=O) groups is 1. The number of nitrogens with one attached hydrogen (secondary N) is 3. The van der Waals surface area contributed by atoms with Gasteiger partial charge >= 0.3 is 0 Å². The Morgan fingerprint density at radius 2 is 2.00 bits per heavy atom. The maximum absolute atomic E-state index is 12.3. The van der Waals surface area contributed by atoms with Gasteiger partial charge in [0, 0.05) is 25.6 Å². The Morgan fingerprint density at radius 3 is 2.67 bits per heavy atom. The molecule has 1 aromatic rings. The molecule has 1 aliphatic carbocycles. The third kappa shape index (κ3) is 4.71. The monoisotopic (exact) mass is 311 g/mol. The molecule has 7 heteroatoms. The fourth-order valence-corrected chi connectivity index (χ4v) is 3.42. The molecule has 0 aliphatic heterocycles. The Labute approximate surface area is 125 Å². The summed E-state index contributed by atoms with van der Waals surface area (Å²) >= 11 is 0. The summed E-state index contributed by atoms with van der Waals surface area (Å²) in [4.78, 5) is 11.6. The Morgan fingerprint density at radius 1 is 1.29 bits per heavy atom. The van der Waals surface area contributed by atoms with Crippen molar-refractivity contribution in [3.05, 3.63) is 24.3 Å². The highest BCUT2D eigenvalue weighted by molar-refractivity contribution is 7.89. The van der Waals surface area contributed by atoms with Gasteiger partial charge in [-0.2, -0.15) is 0 Å². The van der Waals surface area contributed by atoms with Gasteiger partial charge in [-0.25, -0.2) is 13.1 Å². The van der Waals surface area contributed by atoms with Crippen LogP contribution in [0.1, 0.15) is 26.2 Å². The van der Waals surface area contributed by atoms with Gasteiger partial charge in [0.1, 0.15) is 4.90 Å². The topological polar surface area (TPSA) is 87.3 Å². The van der Waals surface area contributed by atoms with Crippen molar-refractivity contribution in [3.63, 3.8) is 0 Å². The number of anilines is 1. The van der Waals surface area contributed by atoms with E-state index in [-0.39, 0.29) is 16.8 Å². The second-order valence-corrected chi connectivity index (χ2v) is 6.70. The van der Waals surface area contributed by atoms with Gasteiger partial charge in [0.25, 0.3) is 0 Å². The number of rotatable bonds is 8. The van der Waals surface area contributed by atoms with Crippen molar-refractivity contribution in [2.45, 2.75) is 37.1 Å². The predicted octanol–water partition coefficient (Wildman–Crippen LogP) is 1.07. The van der Waals surface area contributed by atoms with E-state index in [0.717, 1.165) is 12.8 Å². The quantitative estimate of drug-likeness (QED) is 0.670. The normalized spacial score (nSPS) is 14.7. The lowest BCUT2D eigenvalue weighted by Gasteiger charge is -2.12. The van der Waals surface area contributed by atoms with E-state index >= 15 is 0 Å². The first-order valence-electron chi connectivity index (χ1n) is 7.15. The first kappa shape index (κ1) is 15.8. The van der Waals surface area contributed by atoms with Crippen LogP contribution in [-0.2, 0) is 14.8 Å². The van der Waals surface area contributed by atoms with E-state index in [1.54, 1.807) is 24.3 Å². The van der Waals surface area contributed by atoms with Gasteiger partial charge in [-0.1, -0.05) is 12.1 Å². The van der Waals surface area contributed by atoms with Crippen molar-refractivity contribution in [3.8, 4) is 0 Å². The van der Waals surface area contributed by atoms with Crippen molar-refractivity contribution in [2.75, 3.05) is 18.4 Å².